The standard InChI is InChI=1S/C28H23F2N3O5/c1-16-3-5-21(29)18(9-16)11-25(34)17-4-6-22(30)26(12-17)38-20-7-8-31-24(13-20)23-10-19(14-32-23)28(36)33-15-27(35)37-2/h3-10,12-14,32H,11,15H2,1-2H3,(H,33,36). The highest BCUT2D eigenvalue weighted by molar-refractivity contribution is 5.98. The minimum Gasteiger partial charge on any atom is -0.468 e. The first-order valence-electron chi connectivity index (χ1n) is 11.5. The van der Waals surface area contributed by atoms with E-state index >= 15 is 0 Å². The topological polar surface area (TPSA) is 110 Å². The lowest BCUT2D eigenvalue weighted by Gasteiger charge is -2.10. The quantitative estimate of drug-likeness (QED) is 0.243. The third-order valence-electron chi connectivity index (χ3n) is 5.61. The molecule has 2 aromatic heterocycles. The molecule has 2 N–H and O–H groups in total. The highest BCUT2D eigenvalue weighted by atomic mass is 19.1. The molecule has 0 unspecified atom stereocenters. The molecule has 194 valence electrons. The molecule has 0 radical (unpaired) electrons. The van der Waals surface area contributed by atoms with Crippen LogP contribution in [0.1, 0.15) is 31.8 Å². The van der Waals surface area contributed by atoms with Crippen LogP contribution in [0.15, 0.2) is 67.0 Å². The highest BCUT2D eigenvalue weighted by Crippen LogP contribution is 2.29. The van der Waals surface area contributed by atoms with Gasteiger partial charge in [-0.05, 0) is 48.9 Å². The Labute approximate surface area is 216 Å². The van der Waals surface area contributed by atoms with Crippen molar-refractivity contribution in [1.82, 2.24) is 15.3 Å². The number of carbonyl (C=O) groups excluding carboxylic acids is 3. The summed E-state index contributed by atoms with van der Waals surface area (Å²) in [5.74, 6) is -2.59. The molecule has 0 fully saturated rings. The van der Waals surface area contributed by atoms with Crippen molar-refractivity contribution in [2.24, 2.45) is 0 Å². The second kappa shape index (κ2) is 11.5. The molecule has 2 heterocycles. The number of ether oxygens (including phenoxy) is 2. The first kappa shape index (κ1) is 26.2. The minimum atomic E-state index is -0.689. The molecular formula is C28H23F2N3O5. The number of nitrogens with one attached hydrogen (secondary N) is 2. The molecule has 1 amide bonds. The van der Waals surface area contributed by atoms with E-state index in [9.17, 15) is 23.2 Å². The van der Waals surface area contributed by atoms with Crippen LogP contribution in [0.3, 0.4) is 0 Å². The first-order chi connectivity index (χ1) is 18.2. The molecule has 0 saturated heterocycles. The van der Waals surface area contributed by atoms with Gasteiger partial charge in [-0.15, -0.1) is 0 Å². The monoisotopic (exact) mass is 519 g/mol. The van der Waals surface area contributed by atoms with Gasteiger partial charge >= 0.3 is 5.97 Å². The number of aromatic amines is 1. The molecule has 0 saturated carbocycles. The smallest absolute Gasteiger partial charge is 0.325 e. The van der Waals surface area contributed by atoms with Crippen LogP contribution in [0.2, 0.25) is 0 Å². The second-order valence-electron chi connectivity index (χ2n) is 8.38. The molecule has 0 aliphatic carbocycles. The predicted octanol–water partition coefficient (Wildman–Crippen LogP) is 4.78. The van der Waals surface area contributed by atoms with Crippen LogP contribution in [0.5, 0.6) is 11.5 Å². The summed E-state index contributed by atoms with van der Waals surface area (Å²) in [4.78, 5) is 43.4. The van der Waals surface area contributed by atoms with Crippen molar-refractivity contribution in [3.05, 3.63) is 101 Å². The van der Waals surface area contributed by atoms with Gasteiger partial charge < -0.3 is 19.8 Å². The summed E-state index contributed by atoms with van der Waals surface area (Å²) in [6, 6.07) is 12.8. The number of halogens is 2. The fourth-order valence-corrected chi connectivity index (χ4v) is 3.62. The Morgan fingerprint density at radius 2 is 1.76 bits per heavy atom. The van der Waals surface area contributed by atoms with Gasteiger partial charge in [-0.2, -0.15) is 0 Å². The SMILES string of the molecule is COC(=O)CNC(=O)c1c[nH]c(-c2cc(Oc3cc(C(=O)Cc4cc(C)ccc4F)ccc3F)ccn2)c1. The van der Waals surface area contributed by atoms with Crippen LogP contribution in [0, 0.1) is 18.6 Å². The van der Waals surface area contributed by atoms with Gasteiger partial charge in [0.1, 0.15) is 18.1 Å². The van der Waals surface area contributed by atoms with Crippen LogP contribution < -0.4 is 10.1 Å². The fraction of sp³-hybridized carbons (Fsp3) is 0.143. The Hall–Kier alpha value is -4.86. The molecule has 10 heteroatoms. The van der Waals surface area contributed by atoms with Crippen LogP contribution in [0.4, 0.5) is 8.78 Å². The molecule has 2 aromatic carbocycles. The summed E-state index contributed by atoms with van der Waals surface area (Å²) >= 11 is 0. The van der Waals surface area contributed by atoms with E-state index in [1.54, 1.807) is 19.1 Å². The molecule has 0 atom stereocenters. The number of benzene rings is 2. The van der Waals surface area contributed by atoms with Crippen molar-refractivity contribution in [3.8, 4) is 22.9 Å². The summed E-state index contributed by atoms with van der Waals surface area (Å²) in [5.41, 5.74) is 2.38. The third-order valence-corrected chi connectivity index (χ3v) is 5.61. The van der Waals surface area contributed by atoms with Gasteiger partial charge in [-0.25, -0.2) is 8.78 Å². The summed E-state index contributed by atoms with van der Waals surface area (Å²) in [7, 11) is 1.22. The van der Waals surface area contributed by atoms with Crippen molar-refractivity contribution in [2.45, 2.75) is 13.3 Å². The van der Waals surface area contributed by atoms with Gasteiger partial charge in [0.15, 0.2) is 17.3 Å². The zero-order valence-electron chi connectivity index (χ0n) is 20.5. The van der Waals surface area contributed by atoms with E-state index < -0.39 is 23.5 Å². The normalized spacial score (nSPS) is 10.6. The van der Waals surface area contributed by atoms with Crippen LogP contribution in [0.25, 0.3) is 11.4 Å². The minimum absolute atomic E-state index is 0.170. The maximum Gasteiger partial charge on any atom is 0.325 e. The highest BCUT2D eigenvalue weighted by Gasteiger charge is 2.16. The third kappa shape index (κ3) is 6.28. The van der Waals surface area contributed by atoms with Crippen molar-refractivity contribution < 1.29 is 32.6 Å². The van der Waals surface area contributed by atoms with E-state index in [2.05, 4.69) is 20.0 Å². The predicted molar refractivity (Wildman–Crippen MR) is 134 cm³/mol. The Kier molecular flexibility index (Phi) is 7.91. The summed E-state index contributed by atoms with van der Waals surface area (Å²) in [5, 5.41) is 2.43. The van der Waals surface area contributed by atoms with Crippen molar-refractivity contribution >= 4 is 17.7 Å². The van der Waals surface area contributed by atoms with Gasteiger partial charge in [0.05, 0.1) is 24.1 Å². The zero-order chi connectivity index (χ0) is 27.2. The van der Waals surface area contributed by atoms with E-state index in [0.717, 1.165) is 11.6 Å². The molecule has 4 aromatic rings. The van der Waals surface area contributed by atoms with E-state index in [1.807, 2.05) is 0 Å². The van der Waals surface area contributed by atoms with Crippen molar-refractivity contribution in [3.63, 3.8) is 0 Å². The first-order valence-corrected chi connectivity index (χ1v) is 11.5. The lowest BCUT2D eigenvalue weighted by Crippen LogP contribution is -2.29. The molecule has 0 aliphatic heterocycles. The number of esters is 1. The van der Waals surface area contributed by atoms with Crippen LogP contribution in [-0.2, 0) is 16.0 Å². The number of Topliss-reactive ketones (excluding diaryl/α,β-unsaturated/α-hetero) is 1. The Balaban J connectivity index is 1.49. The molecular weight excluding hydrogens is 496 g/mol. The zero-order valence-corrected chi connectivity index (χ0v) is 20.5. The lowest BCUT2D eigenvalue weighted by molar-refractivity contribution is -0.139. The average molecular weight is 520 g/mol. The van der Waals surface area contributed by atoms with Gasteiger partial charge in [0.25, 0.3) is 5.91 Å². The number of pyridine rings is 1. The van der Waals surface area contributed by atoms with Gasteiger partial charge in [0.2, 0.25) is 0 Å². The largest absolute Gasteiger partial charge is 0.468 e. The molecule has 8 nitrogen and oxygen atoms in total. The molecule has 0 aliphatic rings. The summed E-state index contributed by atoms with van der Waals surface area (Å²) in [6.45, 7) is 1.53. The Morgan fingerprint density at radius 1 is 0.974 bits per heavy atom. The van der Waals surface area contributed by atoms with Gasteiger partial charge in [0, 0.05) is 30.4 Å². The number of aryl methyl sites for hydroxylation is 1. The Bertz CT molecular complexity index is 1520. The van der Waals surface area contributed by atoms with E-state index in [0.29, 0.717) is 11.4 Å². The number of carbonyl (C=O) groups is 3. The van der Waals surface area contributed by atoms with Gasteiger partial charge in [-0.1, -0.05) is 17.7 Å². The second-order valence-corrected chi connectivity index (χ2v) is 8.38. The maximum absolute atomic E-state index is 14.5. The lowest BCUT2D eigenvalue weighted by atomic mass is 10.0. The summed E-state index contributed by atoms with van der Waals surface area (Å²) < 4.78 is 38.8. The van der Waals surface area contributed by atoms with E-state index in [4.69, 9.17) is 4.74 Å². The van der Waals surface area contributed by atoms with Gasteiger partial charge in [-0.3, -0.25) is 19.4 Å². The average Bonchev–Trinajstić information content (AvgIpc) is 3.41. The Morgan fingerprint density at radius 3 is 2.55 bits per heavy atom. The summed E-state index contributed by atoms with van der Waals surface area (Å²) in [6.07, 6.45) is 2.71. The molecule has 0 bridgehead atoms. The molecule has 4 rings (SSSR count). The van der Waals surface area contributed by atoms with Crippen molar-refractivity contribution in [1.29, 1.82) is 0 Å². The number of ketones is 1. The number of nitrogens with zero attached hydrogens (tertiary/aromatic N) is 1. The van der Waals surface area contributed by atoms with Crippen molar-refractivity contribution in [2.75, 3.05) is 13.7 Å². The van der Waals surface area contributed by atoms with E-state index in [1.165, 1.54) is 55.9 Å². The number of hydrogen-bond acceptors (Lipinski definition) is 6. The van der Waals surface area contributed by atoms with Crippen LogP contribution >= 0.6 is 0 Å². The number of amides is 1. The number of H-pyrrole nitrogens is 1. The number of rotatable bonds is 9. The number of hydrogen-bond donors (Lipinski definition) is 2. The number of methoxy groups -OCH3 is 1. The van der Waals surface area contributed by atoms with Crippen LogP contribution in [-0.4, -0.2) is 41.3 Å². The maximum atomic E-state index is 14.5. The molecule has 0 spiro atoms. The van der Waals surface area contributed by atoms with E-state index in [-0.39, 0.29) is 46.9 Å². The number of aromatic nitrogens is 2. The molecule has 38 heavy (non-hydrogen) atoms. The fourth-order valence-electron chi connectivity index (χ4n) is 3.62.